The Hall–Kier alpha value is -7.82. The first-order valence-corrected chi connectivity index (χ1v) is 27.8. The molecule has 0 saturated heterocycles. The van der Waals surface area contributed by atoms with Gasteiger partial charge in [-0.15, -0.1) is 0 Å². The third-order valence-corrected chi connectivity index (χ3v) is 15.5. The summed E-state index contributed by atoms with van der Waals surface area (Å²) in [6.07, 6.45) is 1.94. The number of benzene rings is 8. The zero-order valence-corrected chi connectivity index (χ0v) is 48.7. The minimum absolute atomic E-state index is 0.0247. The molecule has 78 heavy (non-hydrogen) atoms. The minimum atomic E-state index is -0.363. The van der Waals surface area contributed by atoms with Gasteiger partial charge in [-0.25, -0.2) is 4.98 Å². The monoisotopic (exact) mass is 1020 g/mol. The average Bonchev–Trinajstić information content (AvgIpc) is 3.87. The lowest BCUT2D eigenvalue weighted by Gasteiger charge is -2.28. The Morgan fingerprint density at radius 2 is 0.833 bits per heavy atom. The van der Waals surface area contributed by atoms with E-state index in [4.69, 9.17) is 9.97 Å². The molecule has 4 heteroatoms. The molecule has 8 aromatic carbocycles. The van der Waals surface area contributed by atoms with E-state index in [1.807, 2.05) is 6.20 Å². The molecule has 0 fully saturated rings. The number of fused-ring (bicyclic) bond motifs is 1. The third kappa shape index (κ3) is 10.5. The van der Waals surface area contributed by atoms with Crippen molar-refractivity contribution in [3.05, 3.63) is 216 Å². The Bertz CT molecular complexity index is 3780. The quantitative estimate of drug-likeness (QED) is 0.165. The Morgan fingerprint density at radius 1 is 0.346 bits per heavy atom. The highest BCUT2D eigenvalue weighted by Crippen LogP contribution is 2.49. The molecule has 394 valence electrons. The van der Waals surface area contributed by atoms with E-state index in [0.717, 1.165) is 83.6 Å². The van der Waals surface area contributed by atoms with E-state index >= 15 is 0 Å². The van der Waals surface area contributed by atoms with Crippen molar-refractivity contribution in [2.24, 2.45) is 0 Å². The predicted octanol–water partition coefficient (Wildman–Crippen LogP) is 20.3. The summed E-state index contributed by atoms with van der Waals surface area (Å²) in [5.41, 5.74) is 21.4. The van der Waals surface area contributed by atoms with Crippen molar-refractivity contribution >= 4 is 11.0 Å². The number of rotatable bonds is 8. The summed E-state index contributed by atoms with van der Waals surface area (Å²) in [4.78, 5) is 10.9. The molecule has 2 heterocycles. The topological polar surface area (TPSA) is 50.9 Å². The van der Waals surface area contributed by atoms with Gasteiger partial charge in [-0.1, -0.05) is 237 Å². The van der Waals surface area contributed by atoms with Gasteiger partial charge in [0.2, 0.25) is 0 Å². The highest BCUT2D eigenvalue weighted by Gasteiger charge is 2.32. The van der Waals surface area contributed by atoms with E-state index in [2.05, 4.69) is 290 Å². The Labute approximate surface area is 465 Å². The number of phenols is 1. The average molecular weight is 1020 g/mol. The summed E-state index contributed by atoms with van der Waals surface area (Å²) >= 11 is 0. The first-order valence-electron chi connectivity index (χ1n) is 27.8. The minimum Gasteiger partial charge on any atom is -0.507 e. The summed E-state index contributed by atoms with van der Waals surface area (Å²) < 4.78 is 2.36. The second-order valence-corrected chi connectivity index (χ2v) is 26.6. The van der Waals surface area contributed by atoms with Crippen molar-refractivity contribution < 1.29 is 5.11 Å². The molecule has 0 amide bonds. The van der Waals surface area contributed by atoms with Gasteiger partial charge in [-0.2, -0.15) is 0 Å². The van der Waals surface area contributed by atoms with Crippen molar-refractivity contribution in [3.63, 3.8) is 0 Å². The molecule has 10 rings (SSSR count). The largest absolute Gasteiger partial charge is 0.507 e. The van der Waals surface area contributed by atoms with Crippen LogP contribution < -0.4 is 0 Å². The molecule has 0 spiro atoms. The van der Waals surface area contributed by atoms with Crippen LogP contribution in [0.2, 0.25) is 0 Å². The second kappa shape index (κ2) is 19.9. The lowest BCUT2D eigenvalue weighted by molar-refractivity contribution is 0.446. The molecule has 0 aliphatic carbocycles. The fraction of sp³-hybridized carbons (Fsp3) is 0.270. The van der Waals surface area contributed by atoms with Crippen LogP contribution >= 0.6 is 0 Å². The molecular formula is C74H77N3O. The van der Waals surface area contributed by atoms with Gasteiger partial charge >= 0.3 is 0 Å². The Balaban J connectivity index is 1.25. The van der Waals surface area contributed by atoms with Crippen LogP contribution in [-0.2, 0) is 27.1 Å². The highest BCUT2D eigenvalue weighted by molar-refractivity contribution is 6.00. The van der Waals surface area contributed by atoms with Gasteiger partial charge in [0.05, 0.1) is 28.0 Å². The van der Waals surface area contributed by atoms with E-state index in [1.165, 1.54) is 27.8 Å². The van der Waals surface area contributed by atoms with Gasteiger partial charge in [0.15, 0.2) is 0 Å². The predicted molar refractivity (Wildman–Crippen MR) is 332 cm³/mol. The van der Waals surface area contributed by atoms with Gasteiger partial charge in [-0.3, -0.25) is 9.55 Å². The smallest absolute Gasteiger partial charge is 0.149 e. The molecule has 0 bridgehead atoms. The van der Waals surface area contributed by atoms with Crippen molar-refractivity contribution in [2.75, 3.05) is 0 Å². The SMILES string of the molecule is CC(C)(C)c1cc(-c2cc(-c3ccc(-c4ccccc4C(C)(C)C)cc3)ccn2)cc(-c2cccc3c2nc(-c2cc(C(C)(C)C)cc(C(C)(C)C)c2O)n3-c2c(-c3ccccc3)cc(C(C)(C)C)cc2-c2ccccc2)c1. The normalized spacial score (nSPS) is 12.6. The van der Waals surface area contributed by atoms with Gasteiger partial charge in [0, 0.05) is 34.0 Å². The van der Waals surface area contributed by atoms with E-state index in [9.17, 15) is 5.11 Å². The lowest BCUT2D eigenvalue weighted by Crippen LogP contribution is -2.17. The van der Waals surface area contributed by atoms with Gasteiger partial charge in [0.25, 0.3) is 0 Å². The van der Waals surface area contributed by atoms with Crippen molar-refractivity contribution in [2.45, 2.75) is 131 Å². The molecule has 2 aromatic heterocycles. The number of hydrogen-bond acceptors (Lipinski definition) is 3. The third-order valence-electron chi connectivity index (χ3n) is 15.5. The first kappa shape index (κ1) is 53.6. The second-order valence-electron chi connectivity index (χ2n) is 26.6. The van der Waals surface area contributed by atoms with E-state index < -0.39 is 0 Å². The fourth-order valence-electron chi connectivity index (χ4n) is 10.9. The van der Waals surface area contributed by atoms with Gasteiger partial charge in [0.1, 0.15) is 11.6 Å². The number of aromatic nitrogens is 3. The lowest BCUT2D eigenvalue weighted by atomic mass is 9.78. The van der Waals surface area contributed by atoms with Crippen molar-refractivity contribution in [1.29, 1.82) is 0 Å². The standard InChI is InChI=1S/C74H77N3O/c1-70(2,3)54-40-52(39-53(41-54)64-42-51(37-38-75-64)47-33-35-50(36-34-47)57-29-22-23-31-62(57)73(10,11)12)58-30-24-32-65-66(58)76-69(61-45-56(72(7,8)9)46-63(68(61)78)74(13,14)15)77(65)67-59(48-25-18-16-19-26-48)43-55(71(4,5)6)44-60(67)49-27-20-17-21-28-49/h16-46,78H,1-15H3. The molecule has 0 aliphatic rings. The number of para-hydroxylation sites is 1. The number of imidazole rings is 1. The Morgan fingerprint density at radius 3 is 1.41 bits per heavy atom. The zero-order chi connectivity index (χ0) is 55.7. The van der Waals surface area contributed by atoms with Crippen LogP contribution in [-0.4, -0.2) is 19.6 Å². The molecule has 1 N–H and O–H groups in total. The van der Waals surface area contributed by atoms with Crippen LogP contribution in [0.3, 0.4) is 0 Å². The van der Waals surface area contributed by atoms with Crippen LogP contribution in [0.25, 0.3) is 95.0 Å². The molecule has 0 radical (unpaired) electrons. The zero-order valence-electron chi connectivity index (χ0n) is 48.7. The maximum absolute atomic E-state index is 12.9. The van der Waals surface area contributed by atoms with Crippen molar-refractivity contribution in [3.8, 4) is 89.7 Å². The summed E-state index contributed by atoms with van der Waals surface area (Å²) in [5, 5.41) is 12.9. The van der Waals surface area contributed by atoms with Crippen LogP contribution in [0.5, 0.6) is 5.75 Å². The van der Waals surface area contributed by atoms with Gasteiger partial charge < -0.3 is 5.11 Å². The maximum atomic E-state index is 12.9. The number of aromatic hydroxyl groups is 1. The summed E-state index contributed by atoms with van der Waals surface area (Å²) in [7, 11) is 0. The Kier molecular flexibility index (Phi) is 13.7. The van der Waals surface area contributed by atoms with Crippen LogP contribution in [0.15, 0.2) is 188 Å². The molecule has 0 saturated carbocycles. The molecule has 4 nitrogen and oxygen atoms in total. The van der Waals surface area contributed by atoms with Crippen LogP contribution in [0.4, 0.5) is 0 Å². The maximum Gasteiger partial charge on any atom is 0.149 e. The number of phenolic OH excluding ortho intramolecular Hbond substituents is 1. The van der Waals surface area contributed by atoms with Crippen LogP contribution in [0, 0.1) is 0 Å². The summed E-state index contributed by atoms with van der Waals surface area (Å²) in [6, 6.07) is 66.3. The summed E-state index contributed by atoms with van der Waals surface area (Å²) in [5.74, 6) is 0.925. The molecule has 0 atom stereocenters. The fourth-order valence-corrected chi connectivity index (χ4v) is 10.9. The van der Waals surface area contributed by atoms with E-state index in [1.54, 1.807) is 0 Å². The first-order chi connectivity index (χ1) is 36.8. The molecule has 10 aromatic rings. The summed E-state index contributed by atoms with van der Waals surface area (Å²) in [6.45, 7) is 33.8. The molecular weight excluding hydrogens is 947 g/mol. The number of pyridine rings is 1. The molecule has 0 aliphatic heterocycles. The van der Waals surface area contributed by atoms with Crippen molar-refractivity contribution in [1.82, 2.24) is 14.5 Å². The molecule has 0 unspecified atom stereocenters. The highest BCUT2D eigenvalue weighted by atomic mass is 16.3. The number of nitrogens with zero attached hydrogens (tertiary/aromatic N) is 3. The van der Waals surface area contributed by atoms with Gasteiger partial charge in [-0.05, 0) is 137 Å². The van der Waals surface area contributed by atoms with E-state index in [0.29, 0.717) is 11.4 Å². The van der Waals surface area contributed by atoms with Crippen LogP contribution in [0.1, 0.15) is 132 Å². The number of hydrogen-bond donors (Lipinski definition) is 1. The van der Waals surface area contributed by atoms with E-state index in [-0.39, 0.29) is 32.8 Å².